The summed E-state index contributed by atoms with van der Waals surface area (Å²) < 4.78 is 0. The highest BCUT2D eigenvalue weighted by atomic mass is 16.5. The Kier molecular flexibility index (Phi) is 5.51. The van der Waals surface area contributed by atoms with Crippen molar-refractivity contribution in [1.29, 1.82) is 0 Å². The van der Waals surface area contributed by atoms with Gasteiger partial charge < -0.3 is 10.2 Å². The van der Waals surface area contributed by atoms with Gasteiger partial charge in [-0.1, -0.05) is 26.7 Å². The molecule has 0 aromatic heterocycles. The summed E-state index contributed by atoms with van der Waals surface area (Å²) in [5.41, 5.74) is 0. The lowest BCUT2D eigenvalue weighted by molar-refractivity contribution is -0.180. The molecule has 1 fully saturated rings. The SMILES string of the molecule is CCC.OC1(O)CCCCC1. The molecule has 0 bridgehead atoms. The van der Waals surface area contributed by atoms with Gasteiger partial charge in [-0.3, -0.25) is 0 Å². The summed E-state index contributed by atoms with van der Waals surface area (Å²) in [4.78, 5) is 0. The van der Waals surface area contributed by atoms with E-state index in [0.29, 0.717) is 12.8 Å². The molecule has 2 heteroatoms. The predicted molar refractivity (Wildman–Crippen MR) is 46.2 cm³/mol. The zero-order chi connectivity index (χ0) is 8.74. The molecule has 0 atom stereocenters. The molecule has 2 nitrogen and oxygen atoms in total. The number of hydrogen-bond acceptors (Lipinski definition) is 2. The predicted octanol–water partition coefficient (Wildman–Crippen LogP) is 2.05. The lowest BCUT2D eigenvalue weighted by atomic mass is 9.95. The lowest BCUT2D eigenvalue weighted by Crippen LogP contribution is -2.30. The number of aliphatic hydroxyl groups is 2. The molecule has 1 saturated carbocycles. The highest BCUT2D eigenvalue weighted by Gasteiger charge is 2.24. The average Bonchev–Trinajstić information content (AvgIpc) is 1.88. The summed E-state index contributed by atoms with van der Waals surface area (Å²) in [7, 11) is 0. The van der Waals surface area contributed by atoms with Gasteiger partial charge in [0.25, 0.3) is 0 Å². The molecule has 0 saturated heterocycles. The van der Waals surface area contributed by atoms with Crippen LogP contribution in [0.3, 0.4) is 0 Å². The Labute approximate surface area is 69.2 Å². The second-order valence-corrected chi connectivity index (χ2v) is 3.25. The summed E-state index contributed by atoms with van der Waals surface area (Å²) in [6.45, 7) is 4.25. The molecule has 0 aliphatic heterocycles. The fraction of sp³-hybridized carbons (Fsp3) is 1.00. The smallest absolute Gasteiger partial charge is 0.162 e. The van der Waals surface area contributed by atoms with E-state index in [1.165, 1.54) is 6.42 Å². The maximum atomic E-state index is 8.93. The van der Waals surface area contributed by atoms with Gasteiger partial charge in [0.15, 0.2) is 5.79 Å². The van der Waals surface area contributed by atoms with Gasteiger partial charge >= 0.3 is 0 Å². The molecule has 0 aromatic carbocycles. The van der Waals surface area contributed by atoms with Crippen LogP contribution in [0.4, 0.5) is 0 Å². The third-order valence-electron chi connectivity index (χ3n) is 1.65. The van der Waals surface area contributed by atoms with Gasteiger partial charge in [0.05, 0.1) is 0 Å². The van der Waals surface area contributed by atoms with Crippen molar-refractivity contribution in [2.24, 2.45) is 0 Å². The van der Waals surface area contributed by atoms with Crippen LogP contribution < -0.4 is 0 Å². The monoisotopic (exact) mass is 160 g/mol. The van der Waals surface area contributed by atoms with Crippen molar-refractivity contribution >= 4 is 0 Å². The topological polar surface area (TPSA) is 40.5 Å². The molecule has 1 rings (SSSR count). The van der Waals surface area contributed by atoms with Crippen LogP contribution in [0.5, 0.6) is 0 Å². The van der Waals surface area contributed by atoms with Crippen molar-refractivity contribution in [3.8, 4) is 0 Å². The quantitative estimate of drug-likeness (QED) is 0.532. The summed E-state index contributed by atoms with van der Waals surface area (Å²) in [6.07, 6.45) is 5.46. The van der Waals surface area contributed by atoms with Gasteiger partial charge in [-0.25, -0.2) is 0 Å². The Hall–Kier alpha value is -0.0800. The van der Waals surface area contributed by atoms with E-state index in [-0.39, 0.29) is 0 Å². The highest BCUT2D eigenvalue weighted by molar-refractivity contribution is 4.69. The average molecular weight is 160 g/mol. The molecule has 1 aliphatic rings. The van der Waals surface area contributed by atoms with Crippen LogP contribution in [0, 0.1) is 0 Å². The van der Waals surface area contributed by atoms with E-state index in [0.717, 1.165) is 19.3 Å². The van der Waals surface area contributed by atoms with Gasteiger partial charge in [-0.15, -0.1) is 0 Å². The molecule has 68 valence electrons. The van der Waals surface area contributed by atoms with Crippen molar-refractivity contribution in [2.45, 2.75) is 58.2 Å². The highest BCUT2D eigenvalue weighted by Crippen LogP contribution is 2.24. The third-order valence-corrected chi connectivity index (χ3v) is 1.65. The Balaban J connectivity index is 0.000000292. The minimum absolute atomic E-state index is 0.562. The van der Waals surface area contributed by atoms with Crippen LogP contribution >= 0.6 is 0 Å². The molecular formula is C9H20O2. The van der Waals surface area contributed by atoms with E-state index in [1.807, 2.05) is 0 Å². The van der Waals surface area contributed by atoms with Crippen molar-refractivity contribution in [3.63, 3.8) is 0 Å². The summed E-state index contributed by atoms with van der Waals surface area (Å²) >= 11 is 0. The molecular weight excluding hydrogens is 140 g/mol. The maximum Gasteiger partial charge on any atom is 0.162 e. The van der Waals surface area contributed by atoms with Gasteiger partial charge in [0.1, 0.15) is 0 Å². The van der Waals surface area contributed by atoms with Crippen molar-refractivity contribution in [3.05, 3.63) is 0 Å². The molecule has 1 aliphatic carbocycles. The number of rotatable bonds is 0. The fourth-order valence-corrected chi connectivity index (χ4v) is 1.12. The molecule has 11 heavy (non-hydrogen) atoms. The van der Waals surface area contributed by atoms with E-state index in [1.54, 1.807) is 0 Å². The first-order chi connectivity index (χ1) is 5.12. The Morgan fingerprint density at radius 2 is 1.36 bits per heavy atom. The van der Waals surface area contributed by atoms with E-state index in [9.17, 15) is 0 Å². The molecule has 0 spiro atoms. The molecule has 2 N–H and O–H groups in total. The van der Waals surface area contributed by atoms with Crippen LogP contribution in [-0.4, -0.2) is 16.0 Å². The first-order valence-electron chi connectivity index (χ1n) is 4.57. The van der Waals surface area contributed by atoms with Crippen LogP contribution in [0.25, 0.3) is 0 Å². The second-order valence-electron chi connectivity index (χ2n) is 3.25. The Morgan fingerprint density at radius 3 is 1.55 bits per heavy atom. The second kappa shape index (κ2) is 5.56. The van der Waals surface area contributed by atoms with Crippen LogP contribution in [0.2, 0.25) is 0 Å². The fourth-order valence-electron chi connectivity index (χ4n) is 1.12. The lowest BCUT2D eigenvalue weighted by Gasteiger charge is -2.25. The normalized spacial score (nSPS) is 21.8. The van der Waals surface area contributed by atoms with E-state index in [2.05, 4.69) is 13.8 Å². The van der Waals surface area contributed by atoms with Gasteiger partial charge in [0.2, 0.25) is 0 Å². The Morgan fingerprint density at radius 1 is 1.00 bits per heavy atom. The zero-order valence-corrected chi connectivity index (χ0v) is 7.64. The molecule has 0 amide bonds. The molecule has 0 aromatic rings. The van der Waals surface area contributed by atoms with Crippen LogP contribution in [-0.2, 0) is 0 Å². The summed E-state index contributed by atoms with van der Waals surface area (Å²) in [5, 5.41) is 17.9. The standard InChI is InChI=1S/C6H12O2.C3H8/c7-6(8)4-2-1-3-5-6;1-3-2/h7-8H,1-5H2;3H2,1-2H3. The summed E-state index contributed by atoms with van der Waals surface area (Å²) in [5.74, 6) is -1.32. The first-order valence-corrected chi connectivity index (χ1v) is 4.57. The Bertz CT molecular complexity index is 81.6. The maximum absolute atomic E-state index is 8.93. The third kappa shape index (κ3) is 6.32. The minimum atomic E-state index is -1.32. The van der Waals surface area contributed by atoms with Gasteiger partial charge in [-0.2, -0.15) is 0 Å². The summed E-state index contributed by atoms with van der Waals surface area (Å²) in [6, 6.07) is 0. The van der Waals surface area contributed by atoms with Crippen molar-refractivity contribution in [2.75, 3.05) is 0 Å². The molecule has 0 radical (unpaired) electrons. The molecule has 0 heterocycles. The molecule has 0 unspecified atom stereocenters. The van der Waals surface area contributed by atoms with E-state index >= 15 is 0 Å². The van der Waals surface area contributed by atoms with Gasteiger partial charge in [-0.05, 0) is 12.8 Å². The zero-order valence-electron chi connectivity index (χ0n) is 7.64. The van der Waals surface area contributed by atoms with Crippen molar-refractivity contribution < 1.29 is 10.2 Å². The van der Waals surface area contributed by atoms with Gasteiger partial charge in [0, 0.05) is 12.8 Å². The van der Waals surface area contributed by atoms with Crippen LogP contribution in [0.1, 0.15) is 52.4 Å². The first kappa shape index (κ1) is 10.9. The number of hydrogen-bond donors (Lipinski definition) is 2. The van der Waals surface area contributed by atoms with Crippen LogP contribution in [0.15, 0.2) is 0 Å². The van der Waals surface area contributed by atoms with Crippen molar-refractivity contribution in [1.82, 2.24) is 0 Å². The largest absolute Gasteiger partial charge is 0.366 e. The van der Waals surface area contributed by atoms with E-state index < -0.39 is 5.79 Å². The minimum Gasteiger partial charge on any atom is -0.366 e. The van der Waals surface area contributed by atoms with E-state index in [4.69, 9.17) is 10.2 Å².